The molecule has 26 heavy (non-hydrogen) atoms. The predicted octanol–water partition coefficient (Wildman–Crippen LogP) is 0.513. The number of sulfonamides is 1. The van der Waals surface area contributed by atoms with Crippen molar-refractivity contribution in [3.05, 3.63) is 18.0 Å². The first-order valence-electron chi connectivity index (χ1n) is 8.73. The van der Waals surface area contributed by atoms with E-state index in [1.54, 1.807) is 13.2 Å². The number of rotatable bonds is 7. The molecule has 1 aliphatic heterocycles. The van der Waals surface area contributed by atoms with Crippen molar-refractivity contribution in [2.75, 3.05) is 46.4 Å². The highest BCUT2D eigenvalue weighted by molar-refractivity contribution is 7.88. The molecule has 0 saturated carbocycles. The third-order valence-corrected chi connectivity index (χ3v) is 6.06. The van der Waals surface area contributed by atoms with E-state index in [1.807, 2.05) is 20.8 Å². The topological polar surface area (TPSA) is 100 Å². The van der Waals surface area contributed by atoms with Gasteiger partial charge in [-0.25, -0.2) is 8.42 Å². The van der Waals surface area contributed by atoms with Gasteiger partial charge in [0.05, 0.1) is 17.8 Å². The van der Waals surface area contributed by atoms with Crippen molar-refractivity contribution < 1.29 is 17.7 Å². The quantitative estimate of drug-likeness (QED) is 0.537. The van der Waals surface area contributed by atoms with Gasteiger partial charge in [-0.2, -0.15) is 4.31 Å². The highest BCUT2D eigenvalue weighted by Crippen LogP contribution is 2.13. The number of nitrogens with one attached hydrogen (secondary N) is 1. The van der Waals surface area contributed by atoms with Crippen LogP contribution in [-0.4, -0.2) is 80.7 Å². The maximum absolute atomic E-state index is 12.5. The summed E-state index contributed by atoms with van der Waals surface area (Å²) in [7, 11) is -1.74. The molecule has 0 aromatic carbocycles. The van der Waals surface area contributed by atoms with Gasteiger partial charge < -0.3 is 19.5 Å². The fourth-order valence-electron chi connectivity index (χ4n) is 2.52. The monoisotopic (exact) mass is 387 g/mol. The van der Waals surface area contributed by atoms with Crippen molar-refractivity contribution in [1.29, 1.82) is 0 Å². The van der Waals surface area contributed by atoms with Crippen LogP contribution in [0.5, 0.6) is 0 Å². The molecule has 10 heteroatoms. The molecule has 0 atom stereocenters. The molecule has 0 amide bonds. The van der Waals surface area contributed by atoms with Gasteiger partial charge >= 0.3 is 0 Å². The number of piperazine rings is 1. The van der Waals surface area contributed by atoms with Crippen molar-refractivity contribution in [2.24, 2.45) is 4.99 Å². The summed E-state index contributed by atoms with van der Waals surface area (Å²) >= 11 is 0. The lowest BCUT2D eigenvalue weighted by Crippen LogP contribution is -2.54. The van der Waals surface area contributed by atoms with Gasteiger partial charge in [-0.3, -0.25) is 4.99 Å². The maximum Gasteiger partial charge on any atom is 0.220 e. The van der Waals surface area contributed by atoms with E-state index < -0.39 is 10.0 Å². The smallest absolute Gasteiger partial charge is 0.220 e. The molecule has 1 aromatic heterocycles. The summed E-state index contributed by atoms with van der Waals surface area (Å²) in [5.74, 6) is 0.644. The number of hydrogen-bond donors (Lipinski definition) is 1. The lowest BCUT2D eigenvalue weighted by atomic mass is 10.1. The molecule has 0 radical (unpaired) electrons. The van der Waals surface area contributed by atoms with E-state index in [-0.39, 0.29) is 11.4 Å². The summed E-state index contributed by atoms with van der Waals surface area (Å²) in [6, 6.07) is 1.57. The van der Waals surface area contributed by atoms with E-state index in [9.17, 15) is 8.42 Å². The molecule has 1 fully saturated rings. The Balaban J connectivity index is 1.97. The largest absolute Gasteiger partial charge is 0.377 e. The number of methoxy groups -OCH3 is 1. The van der Waals surface area contributed by atoms with Crippen molar-refractivity contribution in [1.82, 2.24) is 19.7 Å². The van der Waals surface area contributed by atoms with Gasteiger partial charge in [0.2, 0.25) is 10.0 Å². The van der Waals surface area contributed by atoms with Crippen LogP contribution in [0.1, 0.15) is 26.5 Å². The lowest BCUT2D eigenvalue weighted by Gasteiger charge is -2.36. The summed E-state index contributed by atoms with van der Waals surface area (Å²) in [6.45, 7) is 9.23. The van der Waals surface area contributed by atoms with E-state index in [4.69, 9.17) is 9.26 Å². The van der Waals surface area contributed by atoms with Crippen molar-refractivity contribution in [2.45, 2.75) is 32.1 Å². The lowest BCUT2D eigenvalue weighted by molar-refractivity contribution is 0.0308. The molecule has 1 saturated heterocycles. The molecule has 0 aliphatic carbocycles. The first-order valence-corrected chi connectivity index (χ1v) is 10.3. The van der Waals surface area contributed by atoms with Crippen LogP contribution in [0.15, 0.2) is 21.8 Å². The Morgan fingerprint density at radius 2 is 2.08 bits per heavy atom. The van der Waals surface area contributed by atoms with Crippen LogP contribution in [0.25, 0.3) is 0 Å². The van der Waals surface area contributed by atoms with Gasteiger partial charge in [-0.15, -0.1) is 0 Å². The summed E-state index contributed by atoms with van der Waals surface area (Å²) in [4.78, 5) is 6.72. The number of ether oxygens (including phenoxy) is 1. The summed E-state index contributed by atoms with van der Waals surface area (Å²) in [5.41, 5.74) is 0.0767. The summed E-state index contributed by atoms with van der Waals surface area (Å²) in [5, 5.41) is 6.96. The summed E-state index contributed by atoms with van der Waals surface area (Å²) in [6.07, 6.45) is 1.38. The molecular weight excluding hydrogens is 358 g/mol. The molecule has 2 rings (SSSR count). The molecule has 0 bridgehead atoms. The third-order valence-electron chi connectivity index (χ3n) is 4.25. The Morgan fingerprint density at radius 3 is 2.62 bits per heavy atom. The van der Waals surface area contributed by atoms with Gasteiger partial charge in [-0.1, -0.05) is 5.16 Å². The Bertz CT molecular complexity index is 680. The minimum Gasteiger partial charge on any atom is -0.377 e. The number of nitrogens with zero attached hydrogens (tertiary/aromatic N) is 4. The van der Waals surface area contributed by atoms with Crippen LogP contribution >= 0.6 is 0 Å². The standard InChI is InChI=1S/C16H29N5O4S/c1-5-17-15(18-13-16(2,3)24-4)20-7-9-21(10-8-20)26(22,23)12-14-6-11-25-19-14/h6,11H,5,7-10,12-13H2,1-4H3,(H,17,18). The van der Waals surface area contributed by atoms with Crippen molar-refractivity contribution in [3.63, 3.8) is 0 Å². The highest BCUT2D eigenvalue weighted by atomic mass is 32.2. The average Bonchev–Trinajstić information content (AvgIpc) is 3.11. The Hall–Kier alpha value is -1.65. The van der Waals surface area contributed by atoms with Crippen LogP contribution in [0.4, 0.5) is 0 Å². The molecule has 0 spiro atoms. The van der Waals surface area contributed by atoms with Crippen molar-refractivity contribution in [3.8, 4) is 0 Å². The first-order chi connectivity index (χ1) is 12.3. The van der Waals surface area contributed by atoms with Gasteiger partial charge in [0.15, 0.2) is 5.96 Å². The van der Waals surface area contributed by atoms with E-state index >= 15 is 0 Å². The summed E-state index contributed by atoms with van der Waals surface area (Å²) < 4.78 is 36.7. The molecule has 9 nitrogen and oxygen atoms in total. The first kappa shape index (κ1) is 20.7. The van der Waals surface area contributed by atoms with Crippen LogP contribution in [0, 0.1) is 0 Å². The van der Waals surface area contributed by atoms with Crippen LogP contribution in [0.2, 0.25) is 0 Å². The minimum atomic E-state index is -3.40. The minimum absolute atomic E-state index is 0.139. The van der Waals surface area contributed by atoms with E-state index in [0.29, 0.717) is 38.4 Å². The maximum atomic E-state index is 12.5. The number of guanidine groups is 1. The molecular formula is C16H29N5O4S. The highest BCUT2D eigenvalue weighted by Gasteiger charge is 2.29. The SMILES string of the molecule is CCNC(=NCC(C)(C)OC)N1CCN(S(=O)(=O)Cc2ccon2)CC1. The van der Waals surface area contributed by atoms with Gasteiger partial charge in [0.25, 0.3) is 0 Å². The normalized spacial score (nSPS) is 17.5. The van der Waals surface area contributed by atoms with Crippen LogP contribution in [0.3, 0.4) is 0 Å². The van der Waals surface area contributed by atoms with Gasteiger partial charge in [-0.05, 0) is 20.8 Å². The zero-order chi connectivity index (χ0) is 19.2. The Labute approximate surface area is 155 Å². The molecule has 1 aromatic rings. The van der Waals surface area contributed by atoms with E-state index in [0.717, 1.165) is 12.5 Å². The van der Waals surface area contributed by atoms with Gasteiger partial charge in [0, 0.05) is 45.9 Å². The van der Waals surface area contributed by atoms with E-state index in [1.165, 1.54) is 10.6 Å². The second-order valence-electron chi connectivity index (χ2n) is 6.77. The fraction of sp³-hybridized carbons (Fsp3) is 0.750. The second-order valence-corrected chi connectivity index (χ2v) is 8.74. The molecule has 1 N–H and O–H groups in total. The average molecular weight is 388 g/mol. The van der Waals surface area contributed by atoms with E-state index in [2.05, 4.69) is 20.4 Å². The second kappa shape index (κ2) is 8.83. The van der Waals surface area contributed by atoms with Crippen LogP contribution in [-0.2, 0) is 20.5 Å². The van der Waals surface area contributed by atoms with Crippen LogP contribution < -0.4 is 5.32 Å². The third kappa shape index (κ3) is 5.68. The Kier molecular flexibility index (Phi) is 7.01. The predicted molar refractivity (Wildman–Crippen MR) is 99.3 cm³/mol. The number of aromatic nitrogens is 1. The molecule has 1 aliphatic rings. The van der Waals surface area contributed by atoms with Gasteiger partial charge in [0.1, 0.15) is 12.0 Å². The molecule has 0 unspecified atom stereocenters. The zero-order valence-corrected chi connectivity index (χ0v) is 16.8. The molecule has 2 heterocycles. The number of hydrogen-bond acceptors (Lipinski definition) is 6. The molecule has 148 valence electrons. The Morgan fingerprint density at radius 1 is 1.38 bits per heavy atom. The van der Waals surface area contributed by atoms with Crippen molar-refractivity contribution >= 4 is 16.0 Å². The fourth-order valence-corrected chi connectivity index (χ4v) is 3.95. The zero-order valence-electron chi connectivity index (χ0n) is 15.9. The number of aliphatic imine (C=N–C) groups is 1.